The van der Waals surface area contributed by atoms with Gasteiger partial charge in [0.05, 0.1) is 0 Å². The van der Waals surface area contributed by atoms with Crippen molar-refractivity contribution in [1.82, 2.24) is 9.55 Å². The molecule has 0 saturated heterocycles. The number of hydrogen-bond acceptors (Lipinski definition) is 3. The summed E-state index contributed by atoms with van der Waals surface area (Å²) >= 11 is 3.16. The van der Waals surface area contributed by atoms with Gasteiger partial charge in [-0.05, 0) is 15.8 Å². The summed E-state index contributed by atoms with van der Waals surface area (Å²) in [5, 5.41) is 10.4. The van der Waals surface area contributed by atoms with Crippen LogP contribution in [0, 0.1) is 16.0 Å². The zero-order valence-electron chi connectivity index (χ0n) is 7.40. The van der Waals surface area contributed by atoms with Crippen LogP contribution in [-0.4, -0.2) is 14.5 Å². The van der Waals surface area contributed by atoms with Crippen molar-refractivity contribution >= 4 is 21.7 Å². The van der Waals surface area contributed by atoms with Crippen LogP contribution >= 0.6 is 15.9 Å². The standard InChI is InChI=1S/C7H10BrN3O2/c1-5(2)3-10-4-6(11(12)13)9-7(10)8/h4-5H,3H2,1-2H3. The Kier molecular flexibility index (Phi) is 3.02. The lowest BCUT2D eigenvalue weighted by Gasteiger charge is -2.03. The van der Waals surface area contributed by atoms with E-state index in [2.05, 4.69) is 20.9 Å². The zero-order valence-corrected chi connectivity index (χ0v) is 8.98. The van der Waals surface area contributed by atoms with Gasteiger partial charge < -0.3 is 10.1 Å². The molecule has 0 atom stereocenters. The predicted molar refractivity (Wildman–Crippen MR) is 51.4 cm³/mol. The molecule has 0 radical (unpaired) electrons. The van der Waals surface area contributed by atoms with Crippen LogP contribution in [0.5, 0.6) is 0 Å². The third-order valence-electron chi connectivity index (χ3n) is 1.46. The van der Waals surface area contributed by atoms with Gasteiger partial charge in [0, 0.05) is 22.5 Å². The molecule has 0 amide bonds. The second-order valence-electron chi connectivity index (χ2n) is 3.17. The molecule has 5 nitrogen and oxygen atoms in total. The first kappa shape index (κ1) is 10.2. The summed E-state index contributed by atoms with van der Waals surface area (Å²) in [6, 6.07) is 0. The zero-order chi connectivity index (χ0) is 10.0. The summed E-state index contributed by atoms with van der Waals surface area (Å²) in [5.74, 6) is 0.317. The number of hydrogen-bond donors (Lipinski definition) is 0. The Hall–Kier alpha value is -0.910. The second kappa shape index (κ2) is 3.87. The molecule has 0 bridgehead atoms. The van der Waals surface area contributed by atoms with Crippen LogP contribution in [-0.2, 0) is 6.54 Å². The topological polar surface area (TPSA) is 61.0 Å². The minimum absolute atomic E-state index is 0.118. The summed E-state index contributed by atoms with van der Waals surface area (Å²) in [6.45, 7) is 4.80. The Morgan fingerprint density at radius 1 is 1.77 bits per heavy atom. The molecule has 6 heteroatoms. The van der Waals surface area contributed by atoms with Gasteiger partial charge in [0.2, 0.25) is 0 Å². The molecule has 72 valence electrons. The quantitative estimate of drug-likeness (QED) is 0.608. The molecular formula is C7H10BrN3O2. The molecule has 0 aliphatic carbocycles. The molecule has 0 aliphatic heterocycles. The summed E-state index contributed by atoms with van der Waals surface area (Å²) in [5.41, 5.74) is 0. The minimum Gasteiger partial charge on any atom is -0.358 e. The highest BCUT2D eigenvalue weighted by molar-refractivity contribution is 9.10. The van der Waals surface area contributed by atoms with Crippen molar-refractivity contribution in [2.45, 2.75) is 20.4 Å². The molecular weight excluding hydrogens is 238 g/mol. The number of nitrogens with zero attached hydrogens (tertiary/aromatic N) is 3. The van der Waals surface area contributed by atoms with Gasteiger partial charge in [-0.25, -0.2) is 0 Å². The van der Waals surface area contributed by atoms with Gasteiger partial charge in [-0.3, -0.25) is 4.57 Å². The first-order chi connectivity index (χ1) is 6.00. The van der Waals surface area contributed by atoms with Crippen LogP contribution in [0.1, 0.15) is 13.8 Å². The van der Waals surface area contributed by atoms with Gasteiger partial charge in [-0.15, -0.1) is 0 Å². The molecule has 1 aromatic rings. The van der Waals surface area contributed by atoms with E-state index in [0.29, 0.717) is 10.7 Å². The molecule has 0 aromatic carbocycles. The van der Waals surface area contributed by atoms with Gasteiger partial charge in [-0.2, -0.15) is 0 Å². The Morgan fingerprint density at radius 2 is 2.38 bits per heavy atom. The first-order valence-electron chi connectivity index (χ1n) is 3.87. The molecule has 1 heterocycles. The monoisotopic (exact) mass is 247 g/mol. The average molecular weight is 248 g/mol. The van der Waals surface area contributed by atoms with Crippen LogP contribution in [0.25, 0.3) is 0 Å². The smallest absolute Gasteiger partial charge is 0.358 e. The van der Waals surface area contributed by atoms with Crippen molar-refractivity contribution in [1.29, 1.82) is 0 Å². The molecule has 1 rings (SSSR count). The van der Waals surface area contributed by atoms with Crippen LogP contribution in [0.15, 0.2) is 10.9 Å². The van der Waals surface area contributed by atoms with E-state index in [-0.39, 0.29) is 5.82 Å². The van der Waals surface area contributed by atoms with Crippen molar-refractivity contribution in [2.24, 2.45) is 5.92 Å². The van der Waals surface area contributed by atoms with Crippen molar-refractivity contribution in [3.05, 3.63) is 21.0 Å². The maximum absolute atomic E-state index is 10.4. The molecule has 13 heavy (non-hydrogen) atoms. The van der Waals surface area contributed by atoms with E-state index in [1.54, 1.807) is 4.57 Å². The highest BCUT2D eigenvalue weighted by Crippen LogP contribution is 2.17. The van der Waals surface area contributed by atoms with E-state index in [0.717, 1.165) is 6.54 Å². The Labute approximate surface area is 84.1 Å². The third-order valence-corrected chi connectivity index (χ3v) is 2.10. The summed E-state index contributed by atoms with van der Waals surface area (Å²) in [7, 11) is 0. The maximum atomic E-state index is 10.4. The van der Waals surface area contributed by atoms with Crippen LogP contribution in [0.4, 0.5) is 5.82 Å². The summed E-state index contributed by atoms with van der Waals surface area (Å²) < 4.78 is 2.23. The Bertz CT molecular complexity index is 322. The van der Waals surface area contributed by atoms with E-state index in [9.17, 15) is 10.1 Å². The van der Waals surface area contributed by atoms with E-state index in [1.165, 1.54) is 6.20 Å². The normalized spacial score (nSPS) is 10.8. The van der Waals surface area contributed by atoms with Gasteiger partial charge in [-0.1, -0.05) is 13.8 Å². The molecule has 0 unspecified atom stereocenters. The number of halogens is 1. The number of imidazole rings is 1. The fourth-order valence-corrected chi connectivity index (χ4v) is 1.42. The second-order valence-corrected chi connectivity index (χ2v) is 3.88. The van der Waals surface area contributed by atoms with Crippen molar-refractivity contribution in [2.75, 3.05) is 0 Å². The lowest BCUT2D eigenvalue weighted by molar-refractivity contribution is -0.389. The highest BCUT2D eigenvalue weighted by atomic mass is 79.9. The molecule has 0 N–H and O–H groups in total. The molecule has 0 saturated carbocycles. The van der Waals surface area contributed by atoms with Gasteiger partial charge in [0.25, 0.3) is 4.73 Å². The van der Waals surface area contributed by atoms with Crippen molar-refractivity contribution < 1.29 is 4.92 Å². The van der Waals surface area contributed by atoms with E-state index in [1.807, 2.05) is 13.8 Å². The lowest BCUT2D eigenvalue weighted by atomic mass is 10.2. The average Bonchev–Trinajstić information content (AvgIpc) is 2.31. The summed E-state index contributed by atoms with van der Waals surface area (Å²) in [6.07, 6.45) is 1.43. The van der Waals surface area contributed by atoms with Gasteiger partial charge >= 0.3 is 5.82 Å². The van der Waals surface area contributed by atoms with E-state index < -0.39 is 4.92 Å². The largest absolute Gasteiger partial charge is 0.382 e. The SMILES string of the molecule is CC(C)Cn1cc([N+](=O)[O-])nc1Br. The molecule has 0 spiro atoms. The first-order valence-corrected chi connectivity index (χ1v) is 4.67. The van der Waals surface area contributed by atoms with E-state index >= 15 is 0 Å². The summed E-state index contributed by atoms with van der Waals surface area (Å²) in [4.78, 5) is 13.6. The predicted octanol–water partition coefficient (Wildman–Crippen LogP) is 2.21. The lowest BCUT2D eigenvalue weighted by Crippen LogP contribution is -2.03. The van der Waals surface area contributed by atoms with Crippen LogP contribution in [0.2, 0.25) is 0 Å². The third kappa shape index (κ3) is 2.51. The molecule has 0 fully saturated rings. The van der Waals surface area contributed by atoms with Gasteiger partial charge in [0.15, 0.2) is 0 Å². The minimum atomic E-state index is -0.498. The Morgan fingerprint density at radius 3 is 2.77 bits per heavy atom. The fourth-order valence-electron chi connectivity index (χ4n) is 0.990. The van der Waals surface area contributed by atoms with Crippen molar-refractivity contribution in [3.63, 3.8) is 0 Å². The van der Waals surface area contributed by atoms with Gasteiger partial charge in [0.1, 0.15) is 6.20 Å². The molecule has 1 aromatic heterocycles. The number of nitro groups is 1. The number of aromatic nitrogens is 2. The number of rotatable bonds is 3. The Balaban J connectivity index is 2.90. The van der Waals surface area contributed by atoms with Crippen molar-refractivity contribution in [3.8, 4) is 0 Å². The van der Waals surface area contributed by atoms with Crippen LogP contribution in [0.3, 0.4) is 0 Å². The molecule has 0 aliphatic rings. The van der Waals surface area contributed by atoms with Crippen LogP contribution < -0.4 is 0 Å². The fraction of sp³-hybridized carbons (Fsp3) is 0.571. The van der Waals surface area contributed by atoms with E-state index in [4.69, 9.17) is 0 Å². The highest BCUT2D eigenvalue weighted by Gasteiger charge is 2.16. The maximum Gasteiger partial charge on any atom is 0.382 e.